The van der Waals surface area contributed by atoms with Crippen LogP contribution in [0.3, 0.4) is 0 Å². The van der Waals surface area contributed by atoms with Crippen LogP contribution in [0.15, 0.2) is 52.6 Å². The van der Waals surface area contributed by atoms with Crippen molar-refractivity contribution in [1.82, 2.24) is 19.9 Å². The van der Waals surface area contributed by atoms with Gasteiger partial charge in [-0.25, -0.2) is 9.66 Å². The Bertz CT molecular complexity index is 865. The Kier molecular flexibility index (Phi) is 3.94. The molecule has 0 bridgehead atoms. The summed E-state index contributed by atoms with van der Waals surface area (Å²) >= 11 is 1.19. The minimum atomic E-state index is -0.445. The molecule has 9 heteroatoms. The standard InChI is InChI=1S/C14H12N6O2S/c1-9-17-18-14(19(9)15)23-12-8-7-11(20(21)22)13(16-12)10-5-3-2-4-6-10/h2-8H,15H2,1H3. The van der Waals surface area contributed by atoms with E-state index in [-0.39, 0.29) is 5.69 Å². The first-order valence-corrected chi connectivity index (χ1v) is 7.43. The third kappa shape index (κ3) is 2.99. The van der Waals surface area contributed by atoms with E-state index < -0.39 is 4.92 Å². The summed E-state index contributed by atoms with van der Waals surface area (Å²) in [5.74, 6) is 6.38. The van der Waals surface area contributed by atoms with E-state index in [1.807, 2.05) is 6.07 Å². The molecule has 2 aromatic heterocycles. The SMILES string of the molecule is Cc1nnc(Sc2ccc([N+](=O)[O-])c(-c3ccccc3)n2)n1N. The lowest BCUT2D eigenvalue weighted by Gasteiger charge is -2.05. The fourth-order valence-corrected chi connectivity index (χ4v) is 2.73. The second-order valence-corrected chi connectivity index (χ2v) is 5.63. The highest BCUT2D eigenvalue weighted by Crippen LogP contribution is 2.32. The molecule has 0 saturated carbocycles. The van der Waals surface area contributed by atoms with Gasteiger partial charge in [-0.1, -0.05) is 30.3 Å². The molecule has 0 radical (unpaired) electrons. The van der Waals surface area contributed by atoms with Crippen molar-refractivity contribution in [3.8, 4) is 11.3 Å². The smallest absolute Gasteiger partial charge is 0.295 e. The predicted molar refractivity (Wildman–Crippen MR) is 85.4 cm³/mol. The number of rotatable bonds is 4. The number of nitrogen functional groups attached to an aromatic ring is 1. The van der Waals surface area contributed by atoms with E-state index in [0.29, 0.717) is 27.3 Å². The van der Waals surface area contributed by atoms with Gasteiger partial charge in [0.2, 0.25) is 5.16 Å². The second-order valence-electron chi connectivity index (χ2n) is 4.64. The summed E-state index contributed by atoms with van der Waals surface area (Å²) in [6.45, 7) is 1.73. The summed E-state index contributed by atoms with van der Waals surface area (Å²) in [7, 11) is 0. The van der Waals surface area contributed by atoms with Crippen molar-refractivity contribution >= 4 is 17.4 Å². The van der Waals surface area contributed by atoms with Crippen LogP contribution in [0.4, 0.5) is 5.69 Å². The van der Waals surface area contributed by atoms with Crippen LogP contribution in [-0.2, 0) is 0 Å². The van der Waals surface area contributed by atoms with Crippen molar-refractivity contribution in [3.05, 3.63) is 58.4 Å². The van der Waals surface area contributed by atoms with Crippen LogP contribution in [0.25, 0.3) is 11.3 Å². The molecule has 23 heavy (non-hydrogen) atoms. The zero-order valence-electron chi connectivity index (χ0n) is 12.1. The maximum Gasteiger partial charge on any atom is 0.295 e. The molecule has 0 unspecified atom stereocenters. The molecule has 0 amide bonds. The number of pyridine rings is 1. The number of benzene rings is 1. The Hall–Kier alpha value is -2.94. The van der Waals surface area contributed by atoms with Gasteiger partial charge in [0, 0.05) is 11.6 Å². The van der Waals surface area contributed by atoms with Crippen molar-refractivity contribution in [2.75, 3.05) is 5.84 Å². The minimum absolute atomic E-state index is 0.0501. The Balaban J connectivity index is 2.04. The zero-order valence-corrected chi connectivity index (χ0v) is 12.9. The lowest BCUT2D eigenvalue weighted by Crippen LogP contribution is -2.11. The summed E-state index contributed by atoms with van der Waals surface area (Å²) in [6, 6.07) is 12.0. The van der Waals surface area contributed by atoms with E-state index >= 15 is 0 Å². The van der Waals surface area contributed by atoms with E-state index in [0.717, 1.165) is 0 Å². The molecule has 0 atom stereocenters. The molecule has 0 aliphatic carbocycles. The first-order chi connectivity index (χ1) is 11.1. The van der Waals surface area contributed by atoms with E-state index in [4.69, 9.17) is 5.84 Å². The number of aryl methyl sites for hydroxylation is 1. The fraction of sp³-hybridized carbons (Fsp3) is 0.0714. The van der Waals surface area contributed by atoms with Crippen molar-refractivity contribution in [1.29, 1.82) is 0 Å². The average Bonchev–Trinajstić information content (AvgIpc) is 2.87. The molecule has 8 nitrogen and oxygen atoms in total. The van der Waals surface area contributed by atoms with Crippen LogP contribution < -0.4 is 5.84 Å². The quantitative estimate of drug-likeness (QED) is 0.444. The van der Waals surface area contributed by atoms with Crippen molar-refractivity contribution < 1.29 is 4.92 Å². The molecular formula is C14H12N6O2S. The van der Waals surface area contributed by atoms with Crippen LogP contribution in [0.5, 0.6) is 0 Å². The van der Waals surface area contributed by atoms with E-state index in [1.165, 1.54) is 22.5 Å². The van der Waals surface area contributed by atoms with Crippen LogP contribution in [0, 0.1) is 17.0 Å². The molecule has 2 heterocycles. The first kappa shape index (κ1) is 15.0. The maximum atomic E-state index is 11.2. The van der Waals surface area contributed by atoms with Crippen molar-refractivity contribution in [2.45, 2.75) is 17.1 Å². The van der Waals surface area contributed by atoms with Crippen LogP contribution >= 0.6 is 11.8 Å². The van der Waals surface area contributed by atoms with Gasteiger partial charge >= 0.3 is 0 Å². The maximum absolute atomic E-state index is 11.2. The Morgan fingerprint density at radius 2 is 1.91 bits per heavy atom. The van der Waals surface area contributed by atoms with Gasteiger partial charge in [0.15, 0.2) is 0 Å². The number of nitrogens with zero attached hydrogens (tertiary/aromatic N) is 5. The molecule has 3 aromatic rings. The van der Waals surface area contributed by atoms with E-state index in [2.05, 4.69) is 15.2 Å². The zero-order chi connectivity index (χ0) is 16.4. The largest absolute Gasteiger partial charge is 0.336 e. The molecule has 0 aliphatic heterocycles. The highest BCUT2D eigenvalue weighted by atomic mass is 32.2. The molecule has 2 N–H and O–H groups in total. The lowest BCUT2D eigenvalue weighted by molar-refractivity contribution is -0.384. The number of hydrogen-bond donors (Lipinski definition) is 1. The van der Waals surface area contributed by atoms with Gasteiger partial charge in [-0.15, -0.1) is 10.2 Å². The summed E-state index contributed by atoms with van der Waals surface area (Å²) in [5.41, 5.74) is 0.929. The molecular weight excluding hydrogens is 316 g/mol. The van der Waals surface area contributed by atoms with Gasteiger partial charge in [0.05, 0.1) is 4.92 Å². The van der Waals surface area contributed by atoms with Crippen molar-refractivity contribution in [2.24, 2.45) is 0 Å². The molecule has 0 saturated heterocycles. The Labute approximate surface area is 135 Å². The van der Waals surface area contributed by atoms with Gasteiger partial charge in [-0.05, 0) is 24.8 Å². The van der Waals surface area contributed by atoms with Crippen molar-refractivity contribution in [3.63, 3.8) is 0 Å². The monoisotopic (exact) mass is 328 g/mol. The number of nitrogens with two attached hydrogens (primary N) is 1. The predicted octanol–water partition coefficient (Wildman–Crippen LogP) is 2.42. The Morgan fingerprint density at radius 3 is 2.52 bits per heavy atom. The molecule has 0 spiro atoms. The second kappa shape index (κ2) is 6.05. The highest BCUT2D eigenvalue weighted by Gasteiger charge is 2.19. The van der Waals surface area contributed by atoms with Crippen LogP contribution in [0.1, 0.15) is 5.82 Å². The molecule has 0 fully saturated rings. The van der Waals surface area contributed by atoms with Gasteiger partial charge < -0.3 is 5.84 Å². The minimum Gasteiger partial charge on any atom is -0.336 e. The number of aromatic nitrogens is 4. The van der Waals surface area contributed by atoms with Gasteiger partial charge in [0.1, 0.15) is 16.5 Å². The van der Waals surface area contributed by atoms with E-state index in [9.17, 15) is 10.1 Å². The van der Waals surface area contributed by atoms with Gasteiger partial charge in [-0.2, -0.15) is 0 Å². The third-order valence-corrected chi connectivity index (χ3v) is 4.02. The molecule has 0 aliphatic rings. The summed E-state index contributed by atoms with van der Waals surface area (Å²) in [4.78, 5) is 15.2. The highest BCUT2D eigenvalue weighted by molar-refractivity contribution is 7.99. The summed E-state index contributed by atoms with van der Waals surface area (Å²) in [5, 5.41) is 20.1. The molecule has 3 rings (SSSR count). The summed E-state index contributed by atoms with van der Waals surface area (Å²) < 4.78 is 1.34. The molecule has 116 valence electrons. The van der Waals surface area contributed by atoms with Gasteiger partial charge in [-0.3, -0.25) is 10.1 Å². The summed E-state index contributed by atoms with van der Waals surface area (Å²) in [6.07, 6.45) is 0. The Morgan fingerprint density at radius 1 is 1.17 bits per heavy atom. The van der Waals surface area contributed by atoms with Crippen LogP contribution in [0.2, 0.25) is 0 Å². The average molecular weight is 328 g/mol. The topological polar surface area (TPSA) is 113 Å². The van der Waals surface area contributed by atoms with Gasteiger partial charge in [0.25, 0.3) is 5.69 Å². The fourth-order valence-electron chi connectivity index (χ4n) is 1.96. The lowest BCUT2D eigenvalue weighted by atomic mass is 10.1. The molecule has 1 aromatic carbocycles. The third-order valence-electron chi connectivity index (χ3n) is 3.12. The number of nitro groups is 1. The normalized spacial score (nSPS) is 10.7. The number of hydrogen-bond acceptors (Lipinski definition) is 7. The first-order valence-electron chi connectivity index (χ1n) is 6.62. The van der Waals surface area contributed by atoms with E-state index in [1.54, 1.807) is 37.3 Å². The van der Waals surface area contributed by atoms with Crippen LogP contribution in [-0.4, -0.2) is 24.8 Å².